The molecule has 2 fully saturated rings. The second-order valence-corrected chi connectivity index (χ2v) is 6.04. The fourth-order valence-corrected chi connectivity index (χ4v) is 3.53. The first kappa shape index (κ1) is 12.7. The van der Waals surface area contributed by atoms with E-state index in [1.165, 1.54) is 5.56 Å². The molecule has 1 aromatic rings. The Morgan fingerprint density at radius 2 is 1.63 bits per heavy atom. The van der Waals surface area contributed by atoms with Gasteiger partial charge in [0.15, 0.2) is 0 Å². The van der Waals surface area contributed by atoms with E-state index < -0.39 is 0 Å². The van der Waals surface area contributed by atoms with Crippen molar-refractivity contribution in [2.75, 3.05) is 26.3 Å². The number of hydrogen-bond donors (Lipinski definition) is 0. The molecule has 0 aliphatic carbocycles. The maximum Gasteiger partial charge on any atom is 0.254 e. The molecule has 19 heavy (non-hydrogen) atoms. The standard InChI is InChI=1S/C16H21NO2/c1-10-4-11(2)15(12(3)5-10)16(18)17-6-13-8-19-9-14(13)7-17/h4-5,13-14H,6-9H2,1-3H3. The van der Waals surface area contributed by atoms with Gasteiger partial charge in [0.1, 0.15) is 0 Å². The van der Waals surface area contributed by atoms with Crippen molar-refractivity contribution in [3.05, 3.63) is 34.4 Å². The SMILES string of the molecule is Cc1cc(C)c(C(=O)N2CC3COCC3C2)c(C)c1. The van der Waals surface area contributed by atoms with Gasteiger partial charge in [-0.05, 0) is 31.9 Å². The molecule has 2 aliphatic rings. The first-order valence-corrected chi connectivity index (χ1v) is 7.01. The molecule has 2 atom stereocenters. The van der Waals surface area contributed by atoms with Gasteiger partial charge < -0.3 is 9.64 Å². The van der Waals surface area contributed by atoms with Crippen LogP contribution >= 0.6 is 0 Å². The molecule has 3 heteroatoms. The predicted octanol–water partition coefficient (Wildman–Crippen LogP) is 2.33. The number of rotatable bonds is 1. The average molecular weight is 259 g/mol. The monoisotopic (exact) mass is 259 g/mol. The van der Waals surface area contributed by atoms with Crippen molar-refractivity contribution >= 4 is 5.91 Å². The first-order valence-electron chi connectivity index (χ1n) is 7.01. The van der Waals surface area contributed by atoms with Crippen LogP contribution in [0.5, 0.6) is 0 Å². The zero-order valence-electron chi connectivity index (χ0n) is 11.9. The quantitative estimate of drug-likeness (QED) is 0.774. The number of carbonyl (C=O) groups excluding carboxylic acids is 1. The lowest BCUT2D eigenvalue weighted by molar-refractivity contribution is 0.0750. The minimum absolute atomic E-state index is 0.199. The molecule has 3 nitrogen and oxygen atoms in total. The summed E-state index contributed by atoms with van der Waals surface area (Å²) >= 11 is 0. The smallest absolute Gasteiger partial charge is 0.254 e. The Kier molecular flexibility index (Phi) is 3.09. The van der Waals surface area contributed by atoms with E-state index in [-0.39, 0.29) is 5.91 Å². The number of amides is 1. The van der Waals surface area contributed by atoms with E-state index in [1.54, 1.807) is 0 Å². The third-order valence-electron chi connectivity index (χ3n) is 4.42. The highest BCUT2D eigenvalue weighted by Crippen LogP contribution is 2.31. The minimum Gasteiger partial charge on any atom is -0.381 e. The number of ether oxygens (including phenoxy) is 1. The maximum absolute atomic E-state index is 12.7. The highest BCUT2D eigenvalue weighted by Gasteiger charge is 2.39. The normalized spacial score (nSPS) is 25.7. The topological polar surface area (TPSA) is 29.5 Å². The molecule has 3 rings (SSSR count). The van der Waals surface area contributed by atoms with Crippen molar-refractivity contribution in [3.63, 3.8) is 0 Å². The number of benzene rings is 1. The molecule has 1 aromatic carbocycles. The summed E-state index contributed by atoms with van der Waals surface area (Å²) in [7, 11) is 0. The summed E-state index contributed by atoms with van der Waals surface area (Å²) in [6.45, 7) is 9.50. The van der Waals surface area contributed by atoms with Gasteiger partial charge in [-0.25, -0.2) is 0 Å². The summed E-state index contributed by atoms with van der Waals surface area (Å²) in [6.07, 6.45) is 0. The van der Waals surface area contributed by atoms with E-state index in [4.69, 9.17) is 4.74 Å². The highest BCUT2D eigenvalue weighted by molar-refractivity contribution is 5.97. The molecule has 0 N–H and O–H groups in total. The van der Waals surface area contributed by atoms with E-state index in [1.807, 2.05) is 18.7 Å². The van der Waals surface area contributed by atoms with Gasteiger partial charge in [0.05, 0.1) is 13.2 Å². The van der Waals surface area contributed by atoms with Crippen LogP contribution in [-0.4, -0.2) is 37.1 Å². The summed E-state index contributed by atoms with van der Waals surface area (Å²) in [5.41, 5.74) is 4.30. The van der Waals surface area contributed by atoms with Gasteiger partial charge in [0, 0.05) is 30.5 Å². The lowest BCUT2D eigenvalue weighted by Gasteiger charge is -2.20. The van der Waals surface area contributed by atoms with Crippen LogP contribution in [0.15, 0.2) is 12.1 Å². The van der Waals surface area contributed by atoms with Crippen LogP contribution in [0, 0.1) is 32.6 Å². The van der Waals surface area contributed by atoms with E-state index >= 15 is 0 Å². The predicted molar refractivity (Wildman–Crippen MR) is 74.4 cm³/mol. The molecule has 2 saturated heterocycles. The van der Waals surface area contributed by atoms with Crippen LogP contribution in [-0.2, 0) is 4.74 Å². The second-order valence-electron chi connectivity index (χ2n) is 6.04. The summed E-state index contributed by atoms with van der Waals surface area (Å²) in [6, 6.07) is 4.19. The Morgan fingerprint density at radius 1 is 1.11 bits per heavy atom. The van der Waals surface area contributed by atoms with Crippen molar-refractivity contribution in [1.29, 1.82) is 0 Å². The largest absolute Gasteiger partial charge is 0.381 e. The summed E-state index contributed by atoms with van der Waals surface area (Å²) in [5, 5.41) is 0. The molecule has 2 aliphatic heterocycles. The van der Waals surface area contributed by atoms with Crippen LogP contribution in [0.4, 0.5) is 0 Å². The van der Waals surface area contributed by atoms with Crippen molar-refractivity contribution < 1.29 is 9.53 Å². The van der Waals surface area contributed by atoms with Crippen molar-refractivity contribution in [2.24, 2.45) is 11.8 Å². The zero-order valence-corrected chi connectivity index (χ0v) is 11.9. The zero-order chi connectivity index (χ0) is 13.6. The summed E-state index contributed by atoms with van der Waals surface area (Å²) < 4.78 is 5.47. The maximum atomic E-state index is 12.7. The molecule has 102 valence electrons. The number of carbonyl (C=O) groups is 1. The summed E-state index contributed by atoms with van der Waals surface area (Å²) in [4.78, 5) is 14.7. The van der Waals surface area contributed by atoms with Crippen LogP contribution in [0.25, 0.3) is 0 Å². The third-order valence-corrected chi connectivity index (χ3v) is 4.42. The van der Waals surface area contributed by atoms with Crippen LogP contribution in [0.2, 0.25) is 0 Å². The van der Waals surface area contributed by atoms with E-state index in [0.29, 0.717) is 11.8 Å². The summed E-state index contributed by atoms with van der Waals surface area (Å²) in [5.74, 6) is 1.30. The molecule has 0 radical (unpaired) electrons. The van der Waals surface area contributed by atoms with Gasteiger partial charge in [0.25, 0.3) is 5.91 Å². The molecule has 1 amide bonds. The molecule has 0 spiro atoms. The van der Waals surface area contributed by atoms with E-state index in [2.05, 4.69) is 19.1 Å². The Morgan fingerprint density at radius 3 is 2.16 bits per heavy atom. The number of hydrogen-bond acceptors (Lipinski definition) is 2. The van der Waals surface area contributed by atoms with Crippen molar-refractivity contribution in [1.82, 2.24) is 4.90 Å². The number of fused-ring (bicyclic) bond motifs is 1. The molecule has 0 saturated carbocycles. The Hall–Kier alpha value is -1.35. The fourth-order valence-electron chi connectivity index (χ4n) is 3.53. The second kappa shape index (κ2) is 4.64. The number of nitrogens with zero attached hydrogens (tertiary/aromatic N) is 1. The number of aryl methyl sites for hydroxylation is 3. The Bertz CT molecular complexity index is 488. The Labute approximate surface area is 114 Å². The van der Waals surface area contributed by atoms with Gasteiger partial charge >= 0.3 is 0 Å². The van der Waals surface area contributed by atoms with Crippen molar-refractivity contribution in [3.8, 4) is 0 Å². The fraction of sp³-hybridized carbons (Fsp3) is 0.562. The molecule has 0 bridgehead atoms. The van der Waals surface area contributed by atoms with Gasteiger partial charge in [0.2, 0.25) is 0 Å². The molecular weight excluding hydrogens is 238 g/mol. The third kappa shape index (κ3) is 2.16. The van der Waals surface area contributed by atoms with Gasteiger partial charge in [-0.3, -0.25) is 4.79 Å². The minimum atomic E-state index is 0.199. The Balaban J connectivity index is 1.85. The first-order chi connectivity index (χ1) is 9.06. The average Bonchev–Trinajstić information content (AvgIpc) is 2.86. The van der Waals surface area contributed by atoms with Crippen molar-refractivity contribution in [2.45, 2.75) is 20.8 Å². The lowest BCUT2D eigenvalue weighted by atomic mass is 9.99. The van der Waals surface area contributed by atoms with Crippen LogP contribution < -0.4 is 0 Å². The van der Waals surface area contributed by atoms with Gasteiger partial charge in [-0.2, -0.15) is 0 Å². The van der Waals surface area contributed by atoms with E-state index in [0.717, 1.165) is 43.0 Å². The van der Waals surface area contributed by atoms with Crippen LogP contribution in [0.3, 0.4) is 0 Å². The molecule has 2 unspecified atom stereocenters. The number of likely N-dealkylation sites (tertiary alicyclic amines) is 1. The van der Waals surface area contributed by atoms with Gasteiger partial charge in [-0.1, -0.05) is 17.7 Å². The molecule has 2 heterocycles. The molecular formula is C16H21NO2. The van der Waals surface area contributed by atoms with Gasteiger partial charge in [-0.15, -0.1) is 0 Å². The van der Waals surface area contributed by atoms with Crippen LogP contribution in [0.1, 0.15) is 27.0 Å². The molecule has 0 aromatic heterocycles. The van der Waals surface area contributed by atoms with E-state index in [9.17, 15) is 4.79 Å². The lowest BCUT2D eigenvalue weighted by Crippen LogP contribution is -2.31. The highest BCUT2D eigenvalue weighted by atomic mass is 16.5.